The van der Waals surface area contributed by atoms with E-state index in [1.165, 1.54) is 32.1 Å². The van der Waals surface area contributed by atoms with E-state index in [1.807, 2.05) is 18.2 Å². The summed E-state index contributed by atoms with van der Waals surface area (Å²) in [5.41, 5.74) is 1.57. The number of benzene rings is 1. The zero-order valence-electron chi connectivity index (χ0n) is 11.1. The number of rotatable bonds is 2. The zero-order chi connectivity index (χ0) is 13.2. The first kappa shape index (κ1) is 14.0. The van der Waals surface area contributed by atoms with Crippen LogP contribution in [0.25, 0.3) is 0 Å². The Morgan fingerprint density at radius 2 is 1.89 bits per heavy atom. The quantitative estimate of drug-likeness (QED) is 0.681. The van der Waals surface area contributed by atoms with Gasteiger partial charge in [-0.1, -0.05) is 43.5 Å². The van der Waals surface area contributed by atoms with Crippen LogP contribution in [0.4, 0.5) is 5.69 Å². The second-order valence-electron chi connectivity index (χ2n) is 6.07. The van der Waals surface area contributed by atoms with E-state index in [0.29, 0.717) is 21.5 Å². The highest BCUT2D eigenvalue weighted by atomic mass is 35.5. The van der Waals surface area contributed by atoms with E-state index in [1.54, 1.807) is 0 Å². The predicted octanol–water partition coefficient (Wildman–Crippen LogP) is 5.76. The van der Waals surface area contributed by atoms with Gasteiger partial charge in [0.25, 0.3) is 0 Å². The maximum absolute atomic E-state index is 6.04. The van der Waals surface area contributed by atoms with Crippen LogP contribution in [0.5, 0.6) is 0 Å². The molecule has 1 aliphatic rings. The van der Waals surface area contributed by atoms with Crippen molar-refractivity contribution in [3.05, 3.63) is 28.2 Å². The molecule has 100 valence electrons. The fourth-order valence-corrected chi connectivity index (χ4v) is 2.93. The smallest absolute Gasteiger partial charge is 0.0612 e. The van der Waals surface area contributed by atoms with Gasteiger partial charge in [-0.15, -0.1) is 0 Å². The summed E-state index contributed by atoms with van der Waals surface area (Å²) in [7, 11) is 0. The largest absolute Gasteiger partial charge is 0.382 e. The fraction of sp³-hybridized carbons (Fsp3) is 0.600. The standard InChI is InChI=1S/C15H21Cl2N/c1-15(2)8-3-4-11(7-9-15)18-12-5-6-13(16)14(17)10-12/h5-6,10-11,18H,3-4,7-9H2,1-2H3. The normalized spacial score (nSPS) is 23.4. The van der Waals surface area contributed by atoms with Crippen LogP contribution in [0.3, 0.4) is 0 Å². The van der Waals surface area contributed by atoms with Crippen LogP contribution in [0, 0.1) is 5.41 Å². The van der Waals surface area contributed by atoms with Crippen molar-refractivity contribution in [2.75, 3.05) is 5.32 Å². The Bertz CT molecular complexity index is 415. The maximum Gasteiger partial charge on any atom is 0.0612 e. The van der Waals surface area contributed by atoms with Crippen molar-refractivity contribution in [3.63, 3.8) is 0 Å². The molecule has 2 rings (SSSR count). The number of nitrogens with one attached hydrogen (secondary N) is 1. The predicted molar refractivity (Wildman–Crippen MR) is 80.7 cm³/mol. The van der Waals surface area contributed by atoms with Gasteiger partial charge in [-0.25, -0.2) is 0 Å². The van der Waals surface area contributed by atoms with Crippen molar-refractivity contribution in [1.82, 2.24) is 0 Å². The molecule has 0 saturated heterocycles. The molecule has 0 bridgehead atoms. The first-order valence-electron chi connectivity index (χ1n) is 6.68. The molecule has 0 aliphatic heterocycles. The van der Waals surface area contributed by atoms with Gasteiger partial charge < -0.3 is 5.32 Å². The van der Waals surface area contributed by atoms with Gasteiger partial charge in [0.15, 0.2) is 0 Å². The molecule has 3 heteroatoms. The van der Waals surface area contributed by atoms with Crippen molar-refractivity contribution in [1.29, 1.82) is 0 Å². The molecular weight excluding hydrogens is 265 g/mol. The summed E-state index contributed by atoms with van der Waals surface area (Å²) in [6.45, 7) is 4.74. The van der Waals surface area contributed by atoms with Gasteiger partial charge in [0.2, 0.25) is 0 Å². The molecule has 1 nitrogen and oxygen atoms in total. The van der Waals surface area contributed by atoms with Crippen LogP contribution < -0.4 is 5.32 Å². The monoisotopic (exact) mass is 285 g/mol. The van der Waals surface area contributed by atoms with Crippen molar-refractivity contribution in [2.24, 2.45) is 5.41 Å². The summed E-state index contributed by atoms with van der Waals surface area (Å²) < 4.78 is 0. The average molecular weight is 286 g/mol. The average Bonchev–Trinajstić information content (AvgIpc) is 2.46. The van der Waals surface area contributed by atoms with Gasteiger partial charge >= 0.3 is 0 Å². The highest BCUT2D eigenvalue weighted by Crippen LogP contribution is 2.35. The third-order valence-electron chi connectivity index (χ3n) is 3.87. The van der Waals surface area contributed by atoms with Gasteiger partial charge in [0.1, 0.15) is 0 Å². The topological polar surface area (TPSA) is 12.0 Å². The van der Waals surface area contributed by atoms with Gasteiger partial charge in [0.05, 0.1) is 10.0 Å². The summed E-state index contributed by atoms with van der Waals surface area (Å²) in [6, 6.07) is 6.33. The lowest BCUT2D eigenvalue weighted by atomic mass is 9.85. The Kier molecular flexibility index (Phi) is 4.45. The van der Waals surface area contributed by atoms with Crippen molar-refractivity contribution in [3.8, 4) is 0 Å². The molecule has 0 amide bonds. The first-order chi connectivity index (χ1) is 8.46. The molecule has 1 aromatic carbocycles. The van der Waals surface area contributed by atoms with Crippen molar-refractivity contribution < 1.29 is 0 Å². The molecule has 1 N–H and O–H groups in total. The third-order valence-corrected chi connectivity index (χ3v) is 4.61. The van der Waals surface area contributed by atoms with E-state index in [-0.39, 0.29) is 0 Å². The van der Waals surface area contributed by atoms with Crippen molar-refractivity contribution in [2.45, 2.75) is 52.0 Å². The van der Waals surface area contributed by atoms with Crippen LogP contribution >= 0.6 is 23.2 Å². The van der Waals surface area contributed by atoms with E-state index >= 15 is 0 Å². The summed E-state index contributed by atoms with van der Waals surface area (Å²) >= 11 is 12.0. The molecular formula is C15H21Cl2N. The summed E-state index contributed by atoms with van der Waals surface area (Å²) in [4.78, 5) is 0. The molecule has 1 saturated carbocycles. The maximum atomic E-state index is 6.04. The molecule has 0 aromatic heterocycles. The van der Waals surface area contributed by atoms with E-state index in [0.717, 1.165) is 5.69 Å². The third kappa shape index (κ3) is 3.80. The lowest BCUT2D eigenvalue weighted by molar-refractivity contribution is 0.313. The first-order valence-corrected chi connectivity index (χ1v) is 7.43. The van der Waals surface area contributed by atoms with E-state index < -0.39 is 0 Å². The highest BCUT2D eigenvalue weighted by molar-refractivity contribution is 6.42. The Balaban J connectivity index is 1.98. The van der Waals surface area contributed by atoms with Gasteiger partial charge in [-0.2, -0.15) is 0 Å². The minimum absolute atomic E-state index is 0.494. The number of halogens is 2. The molecule has 18 heavy (non-hydrogen) atoms. The second kappa shape index (κ2) is 5.71. The Morgan fingerprint density at radius 1 is 1.11 bits per heavy atom. The molecule has 1 aliphatic carbocycles. The second-order valence-corrected chi connectivity index (χ2v) is 6.88. The highest BCUT2D eigenvalue weighted by Gasteiger charge is 2.24. The summed E-state index contributed by atoms with van der Waals surface area (Å²) in [5, 5.41) is 4.82. The zero-order valence-corrected chi connectivity index (χ0v) is 12.6. The Labute approximate surface area is 120 Å². The van der Waals surface area contributed by atoms with Crippen LogP contribution in [-0.2, 0) is 0 Å². The molecule has 1 aromatic rings. The molecule has 1 unspecified atom stereocenters. The van der Waals surface area contributed by atoms with E-state index in [4.69, 9.17) is 23.2 Å². The van der Waals surface area contributed by atoms with Crippen LogP contribution in [0.1, 0.15) is 46.0 Å². The SMILES string of the molecule is CC1(C)CCCC(Nc2ccc(Cl)c(Cl)c2)CC1. The fourth-order valence-electron chi connectivity index (χ4n) is 2.63. The molecule has 0 radical (unpaired) electrons. The summed E-state index contributed by atoms with van der Waals surface area (Å²) in [6.07, 6.45) is 6.38. The lowest BCUT2D eigenvalue weighted by Crippen LogP contribution is -2.19. The van der Waals surface area contributed by atoms with Gasteiger partial charge in [-0.3, -0.25) is 0 Å². The Hall–Kier alpha value is -0.400. The minimum atomic E-state index is 0.494. The molecule has 1 atom stereocenters. The van der Waals surface area contributed by atoms with Gasteiger partial charge in [-0.05, 0) is 49.3 Å². The lowest BCUT2D eigenvalue weighted by Gasteiger charge is -2.22. The van der Waals surface area contributed by atoms with Gasteiger partial charge in [0, 0.05) is 11.7 Å². The molecule has 0 spiro atoms. The van der Waals surface area contributed by atoms with Crippen LogP contribution in [0.2, 0.25) is 10.0 Å². The Morgan fingerprint density at radius 3 is 2.61 bits per heavy atom. The van der Waals surface area contributed by atoms with E-state index in [2.05, 4.69) is 19.2 Å². The summed E-state index contributed by atoms with van der Waals surface area (Å²) in [5.74, 6) is 0. The number of hydrogen-bond donors (Lipinski definition) is 1. The van der Waals surface area contributed by atoms with Crippen LogP contribution in [0.15, 0.2) is 18.2 Å². The van der Waals surface area contributed by atoms with E-state index in [9.17, 15) is 0 Å². The van der Waals surface area contributed by atoms with Crippen LogP contribution in [-0.4, -0.2) is 6.04 Å². The number of anilines is 1. The molecule has 0 heterocycles. The molecule has 1 fully saturated rings. The minimum Gasteiger partial charge on any atom is -0.382 e. The van der Waals surface area contributed by atoms with Crippen molar-refractivity contribution >= 4 is 28.9 Å². The number of hydrogen-bond acceptors (Lipinski definition) is 1.